The molecule has 0 atom stereocenters. The third-order valence-electron chi connectivity index (χ3n) is 3.54. The summed E-state index contributed by atoms with van der Waals surface area (Å²) in [5.41, 5.74) is 2.93. The van der Waals surface area contributed by atoms with E-state index in [9.17, 15) is 9.90 Å². The molecule has 0 aliphatic heterocycles. The molecule has 0 saturated carbocycles. The number of aromatic carboxylic acids is 1. The molecule has 0 aliphatic rings. The van der Waals surface area contributed by atoms with E-state index < -0.39 is 5.97 Å². The highest BCUT2D eigenvalue weighted by Gasteiger charge is 2.15. The van der Waals surface area contributed by atoms with Crippen LogP contribution < -0.4 is 0 Å². The number of rotatable bonds is 2. The van der Waals surface area contributed by atoms with Crippen molar-refractivity contribution in [3.63, 3.8) is 0 Å². The predicted molar refractivity (Wildman–Crippen MR) is 88.9 cm³/mol. The number of aryl methyl sites for hydroxylation is 1. The third-order valence-corrected chi connectivity index (χ3v) is 4.20. The Bertz CT molecular complexity index is 889. The highest BCUT2D eigenvalue weighted by atomic mass is 35.5. The van der Waals surface area contributed by atoms with E-state index in [0.29, 0.717) is 26.6 Å². The number of halogens is 2. The van der Waals surface area contributed by atoms with Crippen LogP contribution in [0.15, 0.2) is 42.5 Å². The van der Waals surface area contributed by atoms with Gasteiger partial charge in [0.1, 0.15) is 0 Å². The molecule has 0 radical (unpaired) electrons. The summed E-state index contributed by atoms with van der Waals surface area (Å²) < 4.78 is 0. The fourth-order valence-corrected chi connectivity index (χ4v) is 2.63. The van der Waals surface area contributed by atoms with Crippen LogP contribution in [0.4, 0.5) is 0 Å². The Morgan fingerprint density at radius 2 is 1.77 bits per heavy atom. The number of hydrogen-bond acceptors (Lipinski definition) is 2. The van der Waals surface area contributed by atoms with Gasteiger partial charge < -0.3 is 5.11 Å². The second-order valence-electron chi connectivity index (χ2n) is 4.94. The smallest absolute Gasteiger partial charge is 0.336 e. The van der Waals surface area contributed by atoms with Crippen LogP contribution in [0.1, 0.15) is 15.9 Å². The van der Waals surface area contributed by atoms with Gasteiger partial charge in [0.2, 0.25) is 0 Å². The number of carboxylic acids is 1. The SMILES string of the molecule is Cc1c(Cl)ccc2c(C(=O)O)cc(-c3ccc(Cl)cc3)nc12. The van der Waals surface area contributed by atoms with Crippen molar-refractivity contribution in [3.8, 4) is 11.3 Å². The molecular formula is C17H11Cl2NO2. The number of hydrogen-bond donors (Lipinski definition) is 1. The zero-order chi connectivity index (χ0) is 15.9. The van der Waals surface area contributed by atoms with Gasteiger partial charge in [0, 0.05) is 21.0 Å². The first-order valence-electron chi connectivity index (χ1n) is 6.56. The van der Waals surface area contributed by atoms with Crippen LogP contribution in [0.2, 0.25) is 10.0 Å². The highest BCUT2D eigenvalue weighted by Crippen LogP contribution is 2.30. The first kappa shape index (κ1) is 14.8. The van der Waals surface area contributed by atoms with Gasteiger partial charge in [0.05, 0.1) is 16.8 Å². The van der Waals surface area contributed by atoms with Crippen molar-refractivity contribution >= 4 is 40.1 Å². The van der Waals surface area contributed by atoms with E-state index in [1.54, 1.807) is 30.3 Å². The maximum Gasteiger partial charge on any atom is 0.336 e. The van der Waals surface area contributed by atoms with E-state index in [4.69, 9.17) is 23.2 Å². The van der Waals surface area contributed by atoms with Crippen molar-refractivity contribution in [1.29, 1.82) is 0 Å². The Morgan fingerprint density at radius 3 is 2.41 bits per heavy atom. The van der Waals surface area contributed by atoms with Crippen molar-refractivity contribution in [2.45, 2.75) is 6.92 Å². The summed E-state index contributed by atoms with van der Waals surface area (Å²) in [6.07, 6.45) is 0. The minimum Gasteiger partial charge on any atom is -0.478 e. The summed E-state index contributed by atoms with van der Waals surface area (Å²) in [5.74, 6) is -0.996. The number of carbonyl (C=O) groups is 1. The lowest BCUT2D eigenvalue weighted by Gasteiger charge is -2.10. The fraction of sp³-hybridized carbons (Fsp3) is 0.0588. The van der Waals surface area contributed by atoms with Crippen LogP contribution in [0.3, 0.4) is 0 Å². The van der Waals surface area contributed by atoms with Crippen LogP contribution in [0.25, 0.3) is 22.2 Å². The summed E-state index contributed by atoms with van der Waals surface area (Å²) in [7, 11) is 0. The van der Waals surface area contributed by atoms with Gasteiger partial charge in [0.15, 0.2) is 0 Å². The molecule has 0 bridgehead atoms. The number of nitrogens with zero attached hydrogens (tertiary/aromatic N) is 1. The molecule has 1 aromatic heterocycles. The second kappa shape index (κ2) is 5.59. The molecule has 0 spiro atoms. The number of carboxylic acid groups (broad SMARTS) is 1. The fourth-order valence-electron chi connectivity index (χ4n) is 2.35. The van der Waals surface area contributed by atoms with Gasteiger partial charge in [-0.3, -0.25) is 0 Å². The molecule has 110 valence electrons. The van der Waals surface area contributed by atoms with Gasteiger partial charge in [-0.15, -0.1) is 0 Å². The Kier molecular flexibility index (Phi) is 3.77. The van der Waals surface area contributed by atoms with Crippen LogP contribution in [-0.2, 0) is 0 Å². The van der Waals surface area contributed by atoms with Crippen LogP contribution >= 0.6 is 23.2 Å². The van der Waals surface area contributed by atoms with Gasteiger partial charge >= 0.3 is 5.97 Å². The monoisotopic (exact) mass is 331 g/mol. The van der Waals surface area contributed by atoms with E-state index in [2.05, 4.69) is 4.98 Å². The van der Waals surface area contributed by atoms with Gasteiger partial charge in [-0.1, -0.05) is 41.4 Å². The first-order chi connectivity index (χ1) is 10.5. The Hall–Kier alpha value is -2.10. The molecular weight excluding hydrogens is 321 g/mol. The van der Waals surface area contributed by atoms with E-state index in [0.717, 1.165) is 11.1 Å². The van der Waals surface area contributed by atoms with Crippen LogP contribution in [-0.4, -0.2) is 16.1 Å². The van der Waals surface area contributed by atoms with E-state index in [1.807, 2.05) is 19.1 Å². The molecule has 0 unspecified atom stereocenters. The molecule has 22 heavy (non-hydrogen) atoms. The van der Waals surface area contributed by atoms with Gasteiger partial charge in [-0.25, -0.2) is 9.78 Å². The molecule has 0 fully saturated rings. The lowest BCUT2D eigenvalue weighted by molar-refractivity contribution is 0.0699. The number of fused-ring (bicyclic) bond motifs is 1. The molecule has 3 nitrogen and oxygen atoms in total. The Balaban J connectivity index is 2.35. The average Bonchev–Trinajstić information content (AvgIpc) is 2.51. The summed E-state index contributed by atoms with van der Waals surface area (Å²) in [6, 6.07) is 12.1. The summed E-state index contributed by atoms with van der Waals surface area (Å²) in [6.45, 7) is 1.83. The molecule has 5 heteroatoms. The lowest BCUT2D eigenvalue weighted by Crippen LogP contribution is -2.01. The molecule has 1 heterocycles. The zero-order valence-electron chi connectivity index (χ0n) is 11.6. The predicted octanol–water partition coefficient (Wildman–Crippen LogP) is 5.22. The number of pyridine rings is 1. The standard InChI is InChI=1S/C17H11Cl2NO2/c1-9-14(19)7-6-12-13(17(21)22)8-15(20-16(9)12)10-2-4-11(18)5-3-10/h2-8H,1H3,(H,21,22). The van der Waals surface area contributed by atoms with Crippen molar-refractivity contribution in [2.75, 3.05) is 0 Å². The first-order valence-corrected chi connectivity index (χ1v) is 7.32. The number of aromatic nitrogens is 1. The van der Waals surface area contributed by atoms with E-state index >= 15 is 0 Å². The van der Waals surface area contributed by atoms with Gasteiger partial charge in [-0.05, 0) is 36.8 Å². The van der Waals surface area contributed by atoms with Gasteiger partial charge in [0.25, 0.3) is 0 Å². The van der Waals surface area contributed by atoms with Crippen molar-refractivity contribution < 1.29 is 9.90 Å². The van der Waals surface area contributed by atoms with E-state index in [1.165, 1.54) is 0 Å². The largest absolute Gasteiger partial charge is 0.478 e. The van der Waals surface area contributed by atoms with Crippen LogP contribution in [0, 0.1) is 6.92 Å². The minimum atomic E-state index is -0.996. The highest BCUT2D eigenvalue weighted by molar-refractivity contribution is 6.32. The summed E-state index contributed by atoms with van der Waals surface area (Å²) in [4.78, 5) is 16.2. The Labute approximate surface area is 137 Å². The van der Waals surface area contributed by atoms with Crippen molar-refractivity contribution in [2.24, 2.45) is 0 Å². The molecule has 0 saturated heterocycles. The summed E-state index contributed by atoms with van der Waals surface area (Å²) >= 11 is 12.0. The maximum absolute atomic E-state index is 11.6. The topological polar surface area (TPSA) is 50.2 Å². The normalized spacial score (nSPS) is 10.9. The average molecular weight is 332 g/mol. The van der Waals surface area contributed by atoms with Crippen molar-refractivity contribution in [1.82, 2.24) is 4.98 Å². The molecule has 0 aliphatic carbocycles. The second-order valence-corrected chi connectivity index (χ2v) is 5.78. The summed E-state index contributed by atoms with van der Waals surface area (Å²) in [5, 5.41) is 11.2. The number of benzene rings is 2. The maximum atomic E-state index is 11.6. The van der Waals surface area contributed by atoms with Crippen LogP contribution in [0.5, 0.6) is 0 Å². The molecule has 3 aromatic rings. The molecule has 1 N–H and O–H groups in total. The Morgan fingerprint density at radius 1 is 1.09 bits per heavy atom. The quantitative estimate of drug-likeness (QED) is 0.700. The lowest BCUT2D eigenvalue weighted by atomic mass is 10.0. The molecule has 0 amide bonds. The minimum absolute atomic E-state index is 0.203. The molecule has 3 rings (SSSR count). The van der Waals surface area contributed by atoms with E-state index in [-0.39, 0.29) is 5.56 Å². The van der Waals surface area contributed by atoms with Crippen molar-refractivity contribution in [3.05, 3.63) is 63.6 Å². The van der Waals surface area contributed by atoms with Gasteiger partial charge in [-0.2, -0.15) is 0 Å². The zero-order valence-corrected chi connectivity index (χ0v) is 13.1. The molecule has 2 aromatic carbocycles. The third kappa shape index (κ3) is 2.54.